The molecule has 2 aliphatic rings. The van der Waals surface area contributed by atoms with Crippen LogP contribution in [-0.2, 0) is 24.2 Å². The van der Waals surface area contributed by atoms with Gasteiger partial charge in [0.2, 0.25) is 5.43 Å². The zero-order chi connectivity index (χ0) is 23.5. The second-order valence-electron chi connectivity index (χ2n) is 8.40. The summed E-state index contributed by atoms with van der Waals surface area (Å²) in [6.45, 7) is 2.36. The van der Waals surface area contributed by atoms with Crippen LogP contribution in [0.4, 0.5) is 0 Å². The van der Waals surface area contributed by atoms with Crippen LogP contribution in [0.3, 0.4) is 0 Å². The van der Waals surface area contributed by atoms with E-state index in [1.165, 1.54) is 0 Å². The monoisotopic (exact) mass is 495 g/mol. The van der Waals surface area contributed by atoms with Gasteiger partial charge in [-0.1, -0.05) is 28.4 Å². The minimum Gasteiger partial charge on any atom is -0.381 e. The van der Waals surface area contributed by atoms with Crippen LogP contribution in [0, 0.1) is 5.92 Å². The van der Waals surface area contributed by atoms with Gasteiger partial charge in [-0.15, -0.1) is 11.3 Å². The van der Waals surface area contributed by atoms with Crippen molar-refractivity contribution in [1.82, 2.24) is 14.7 Å². The molecule has 0 saturated carbocycles. The number of allylic oxidation sites excluding steroid dienone is 2. The summed E-state index contributed by atoms with van der Waals surface area (Å²) < 4.78 is 11.9. The van der Waals surface area contributed by atoms with Gasteiger partial charge in [-0.05, 0) is 42.5 Å². The molecule has 0 spiro atoms. The molecule has 0 radical (unpaired) electrons. The van der Waals surface area contributed by atoms with Crippen LogP contribution < -0.4 is 15.6 Å². The zero-order valence-electron chi connectivity index (χ0n) is 18.4. The molecule has 9 heteroatoms. The molecule has 4 heterocycles. The minimum absolute atomic E-state index is 0.128. The van der Waals surface area contributed by atoms with Crippen LogP contribution in [0.5, 0.6) is 0 Å². The number of hydroxylamine groups is 1. The summed E-state index contributed by atoms with van der Waals surface area (Å²) in [5, 5.41) is 11.1. The third-order valence-corrected chi connectivity index (χ3v) is 7.40. The number of thiophene rings is 1. The predicted molar refractivity (Wildman–Crippen MR) is 138 cm³/mol. The number of hydrogen-bond donors (Lipinski definition) is 2. The Morgan fingerprint density at radius 1 is 1.35 bits per heavy atom. The molecule has 1 saturated heterocycles. The van der Waals surface area contributed by atoms with Crippen LogP contribution in [0.15, 0.2) is 58.5 Å². The van der Waals surface area contributed by atoms with E-state index < -0.39 is 0 Å². The van der Waals surface area contributed by atoms with Gasteiger partial charge in [-0.25, -0.2) is 0 Å². The second kappa shape index (κ2) is 10.1. The summed E-state index contributed by atoms with van der Waals surface area (Å²) >= 11 is 7.59. The Labute approximate surface area is 205 Å². The van der Waals surface area contributed by atoms with Crippen LogP contribution in [0.25, 0.3) is 10.2 Å². The molecule has 34 heavy (non-hydrogen) atoms. The lowest BCUT2D eigenvalue weighted by Gasteiger charge is -2.10. The van der Waals surface area contributed by atoms with Crippen LogP contribution in [0.2, 0.25) is 5.02 Å². The van der Waals surface area contributed by atoms with E-state index in [9.17, 15) is 10.0 Å². The molecule has 3 aromatic rings. The Morgan fingerprint density at radius 3 is 2.91 bits per heavy atom. The highest BCUT2D eigenvalue weighted by Gasteiger charge is 2.22. The molecule has 2 N–H and O–H groups in total. The van der Waals surface area contributed by atoms with Crippen molar-refractivity contribution in [1.29, 1.82) is 0 Å². The number of amidine groups is 1. The number of ether oxygens (including phenoxy) is 1. The van der Waals surface area contributed by atoms with Gasteiger partial charge in [-0.3, -0.25) is 20.5 Å². The standard InChI is InChI=1S/C25H24ClN4O3S/c26-18-5-3-16(4-6-18)12-28-24(29-32)22-14-30(13-19-2-1-8-27-19)25-21(23(22)31)11-20(34-25)10-17-7-9-33-15-17/h1-6,8,11,14,17,32H,7,9-10,12-13,15H2,(H,28,29)/q+1. The zero-order valence-corrected chi connectivity index (χ0v) is 20.0. The molecule has 0 aliphatic carbocycles. The number of halogens is 1. The molecule has 1 fully saturated rings. The lowest BCUT2D eigenvalue weighted by Crippen LogP contribution is -2.29. The molecule has 1 unspecified atom stereocenters. The largest absolute Gasteiger partial charge is 0.381 e. The van der Waals surface area contributed by atoms with Crippen LogP contribution in [-0.4, -0.2) is 40.8 Å². The second-order valence-corrected chi connectivity index (χ2v) is 9.95. The Bertz CT molecular complexity index is 1390. The Kier molecular flexibility index (Phi) is 6.76. The SMILES string of the molecule is O=c1c(C(=NCc2ccc(Cl)cc2)NO)cn(CC2=[N+]=CC=C2)c2sc(CC3CCOC3)cc12. The summed E-state index contributed by atoms with van der Waals surface area (Å²) in [4.78, 5) is 20.0. The van der Waals surface area contributed by atoms with Gasteiger partial charge in [0, 0.05) is 41.5 Å². The van der Waals surface area contributed by atoms with E-state index in [2.05, 4.69) is 15.1 Å². The number of benzene rings is 1. The predicted octanol–water partition coefficient (Wildman–Crippen LogP) is 3.37. The molecule has 2 aromatic heterocycles. The van der Waals surface area contributed by atoms with E-state index in [1.54, 1.807) is 35.9 Å². The van der Waals surface area contributed by atoms with Crippen LogP contribution >= 0.6 is 22.9 Å². The number of aliphatic imine (C=N–C) groups is 1. The maximum absolute atomic E-state index is 13.5. The van der Waals surface area contributed by atoms with Gasteiger partial charge in [0.05, 0.1) is 17.5 Å². The van der Waals surface area contributed by atoms with E-state index in [4.69, 9.17) is 16.3 Å². The van der Waals surface area contributed by atoms with Crippen LogP contribution in [0.1, 0.15) is 22.4 Å². The summed E-state index contributed by atoms with van der Waals surface area (Å²) in [6.07, 6.45) is 9.28. The number of aromatic nitrogens is 1. The van der Waals surface area contributed by atoms with Crippen molar-refractivity contribution in [2.24, 2.45) is 10.9 Å². The van der Waals surface area contributed by atoms with Crippen molar-refractivity contribution < 1.29 is 9.94 Å². The highest BCUT2D eigenvalue weighted by molar-refractivity contribution is 7.18. The first-order valence-electron chi connectivity index (χ1n) is 11.1. The Morgan fingerprint density at radius 2 is 2.21 bits per heavy atom. The molecule has 1 atom stereocenters. The Balaban J connectivity index is 1.55. The summed E-state index contributed by atoms with van der Waals surface area (Å²) in [6, 6.07) is 9.27. The number of rotatable bonds is 7. The average Bonchev–Trinajstić information content (AvgIpc) is 3.61. The van der Waals surface area contributed by atoms with E-state index in [1.807, 2.05) is 34.9 Å². The van der Waals surface area contributed by atoms with Gasteiger partial charge in [-0.2, -0.15) is 0 Å². The number of hydrogen-bond acceptors (Lipinski definition) is 5. The number of fused-ring (bicyclic) bond motifs is 1. The van der Waals surface area contributed by atoms with E-state index >= 15 is 0 Å². The molecule has 1 aromatic carbocycles. The first kappa shape index (κ1) is 22.8. The van der Waals surface area contributed by atoms with Gasteiger partial charge in [0.15, 0.2) is 5.84 Å². The van der Waals surface area contributed by atoms with Crippen molar-refractivity contribution in [2.45, 2.75) is 25.9 Å². The molecular formula is C25H24ClN4O3S+. The van der Waals surface area contributed by atoms with Crippen molar-refractivity contribution in [3.63, 3.8) is 0 Å². The first-order valence-corrected chi connectivity index (χ1v) is 12.3. The number of nitrogens with zero attached hydrogens (tertiary/aromatic N) is 3. The normalized spacial score (nSPS) is 17.6. The third kappa shape index (κ3) is 4.92. The van der Waals surface area contributed by atoms with Gasteiger partial charge >= 0.3 is 5.71 Å². The number of pyridine rings is 1. The third-order valence-electron chi connectivity index (χ3n) is 5.95. The van der Waals surface area contributed by atoms with Crippen molar-refractivity contribution in [3.8, 4) is 0 Å². The summed E-state index contributed by atoms with van der Waals surface area (Å²) in [5.74, 6) is 0.603. The molecule has 174 valence electrons. The maximum Gasteiger partial charge on any atom is 0.323 e. The van der Waals surface area contributed by atoms with Crippen molar-refractivity contribution >= 4 is 50.9 Å². The quantitative estimate of drug-likeness (QED) is 0.227. The lowest BCUT2D eigenvalue weighted by atomic mass is 10.0. The topological polar surface area (TPSA) is 90.0 Å². The fourth-order valence-corrected chi connectivity index (χ4v) is 5.55. The fourth-order valence-electron chi connectivity index (χ4n) is 4.19. The van der Waals surface area contributed by atoms with Gasteiger partial charge in [0.25, 0.3) is 6.21 Å². The fraction of sp³-hybridized carbons (Fsp3) is 0.280. The molecule has 7 nitrogen and oxygen atoms in total. The highest BCUT2D eigenvalue weighted by atomic mass is 35.5. The summed E-state index contributed by atoms with van der Waals surface area (Å²) in [7, 11) is 0. The summed E-state index contributed by atoms with van der Waals surface area (Å²) in [5.41, 5.74) is 4.09. The first-order chi connectivity index (χ1) is 16.6. The molecular weight excluding hydrogens is 472 g/mol. The maximum atomic E-state index is 13.5. The van der Waals surface area contributed by atoms with E-state index in [-0.39, 0.29) is 11.3 Å². The van der Waals surface area contributed by atoms with E-state index in [0.717, 1.165) is 47.0 Å². The number of nitrogens with one attached hydrogen (secondary N) is 1. The molecule has 0 amide bonds. The van der Waals surface area contributed by atoms with Gasteiger partial charge in [0.1, 0.15) is 11.4 Å². The average molecular weight is 496 g/mol. The molecule has 5 rings (SSSR count). The van der Waals surface area contributed by atoms with Crippen molar-refractivity contribution in [2.75, 3.05) is 13.2 Å². The molecule has 0 bridgehead atoms. The van der Waals surface area contributed by atoms with Gasteiger partial charge < -0.3 is 9.30 Å². The van der Waals surface area contributed by atoms with E-state index in [0.29, 0.717) is 35.0 Å². The molecule has 2 aliphatic heterocycles. The smallest absolute Gasteiger partial charge is 0.323 e. The Hall–Kier alpha value is -3.00. The van der Waals surface area contributed by atoms with Crippen molar-refractivity contribution in [3.05, 3.63) is 79.9 Å². The lowest BCUT2D eigenvalue weighted by molar-refractivity contribution is 0.186. The minimum atomic E-state index is -0.164. The highest BCUT2D eigenvalue weighted by Crippen LogP contribution is 2.28.